The summed E-state index contributed by atoms with van der Waals surface area (Å²) in [5, 5.41) is 3.24. The van der Waals surface area contributed by atoms with Crippen LogP contribution in [0.2, 0.25) is 0 Å². The number of halogens is 1. The molecule has 0 aliphatic rings. The fraction of sp³-hybridized carbons (Fsp3) is 0.667. The lowest BCUT2D eigenvalue weighted by atomic mass is 9.93. The average Bonchev–Trinajstić information content (AvgIpc) is 2.26. The molecular formula is C12H21BrN4O. The zero-order valence-corrected chi connectivity index (χ0v) is 13.2. The Balaban J connectivity index is 2.63. The van der Waals surface area contributed by atoms with Gasteiger partial charge in [0.1, 0.15) is 0 Å². The molecular weight excluding hydrogens is 296 g/mol. The molecule has 1 aromatic heterocycles. The quantitative estimate of drug-likeness (QED) is 0.872. The SMILES string of the molecule is COc1nc(NCC(C)(C)CN(C)C)ncc1Br. The van der Waals surface area contributed by atoms with Gasteiger partial charge < -0.3 is 15.0 Å². The van der Waals surface area contributed by atoms with Crippen molar-refractivity contribution in [2.75, 3.05) is 39.6 Å². The van der Waals surface area contributed by atoms with Gasteiger partial charge in [0.2, 0.25) is 11.8 Å². The number of rotatable bonds is 6. The van der Waals surface area contributed by atoms with Crippen molar-refractivity contribution >= 4 is 21.9 Å². The second-order valence-electron chi connectivity index (χ2n) is 5.31. The summed E-state index contributed by atoms with van der Waals surface area (Å²) in [7, 11) is 5.73. The summed E-state index contributed by atoms with van der Waals surface area (Å²) in [6.07, 6.45) is 1.69. The molecule has 1 rings (SSSR count). The number of nitrogens with zero attached hydrogens (tertiary/aromatic N) is 3. The second-order valence-corrected chi connectivity index (χ2v) is 6.16. The van der Waals surface area contributed by atoms with Gasteiger partial charge in [0.25, 0.3) is 0 Å². The third-order valence-corrected chi connectivity index (χ3v) is 2.92. The van der Waals surface area contributed by atoms with Crippen molar-refractivity contribution in [2.24, 2.45) is 5.41 Å². The average molecular weight is 317 g/mol. The first-order valence-corrected chi connectivity index (χ1v) is 6.58. The standard InChI is InChI=1S/C12H21BrN4O/c1-12(2,8-17(3)4)7-15-11-14-6-9(13)10(16-11)18-5/h6H,7-8H2,1-5H3,(H,14,15,16). The van der Waals surface area contributed by atoms with Crippen LogP contribution in [-0.2, 0) is 0 Å². The Hall–Kier alpha value is -0.880. The summed E-state index contributed by atoms with van der Waals surface area (Å²) >= 11 is 3.33. The highest BCUT2D eigenvalue weighted by molar-refractivity contribution is 9.10. The van der Waals surface area contributed by atoms with E-state index in [-0.39, 0.29) is 5.41 Å². The largest absolute Gasteiger partial charge is 0.480 e. The van der Waals surface area contributed by atoms with Gasteiger partial charge in [-0.1, -0.05) is 13.8 Å². The molecule has 0 spiro atoms. The third-order valence-electron chi connectivity index (χ3n) is 2.37. The topological polar surface area (TPSA) is 50.3 Å². The summed E-state index contributed by atoms with van der Waals surface area (Å²) in [6.45, 7) is 6.20. The van der Waals surface area contributed by atoms with Crippen LogP contribution in [0.3, 0.4) is 0 Å². The van der Waals surface area contributed by atoms with Gasteiger partial charge in [-0.05, 0) is 35.4 Å². The lowest BCUT2D eigenvalue weighted by Gasteiger charge is -2.28. The minimum Gasteiger partial charge on any atom is -0.480 e. The molecule has 0 radical (unpaired) electrons. The number of hydrogen-bond donors (Lipinski definition) is 1. The Morgan fingerprint density at radius 2 is 2.11 bits per heavy atom. The lowest BCUT2D eigenvalue weighted by Crippen LogP contribution is -2.34. The molecule has 0 saturated carbocycles. The molecule has 6 heteroatoms. The lowest BCUT2D eigenvalue weighted by molar-refractivity contribution is 0.253. The zero-order valence-electron chi connectivity index (χ0n) is 11.6. The molecule has 0 aromatic carbocycles. The van der Waals surface area contributed by atoms with Crippen LogP contribution in [0.5, 0.6) is 5.88 Å². The van der Waals surface area contributed by atoms with E-state index in [2.05, 4.69) is 64.1 Å². The molecule has 0 amide bonds. The highest BCUT2D eigenvalue weighted by Gasteiger charge is 2.19. The van der Waals surface area contributed by atoms with Gasteiger partial charge in [0, 0.05) is 13.1 Å². The van der Waals surface area contributed by atoms with E-state index in [9.17, 15) is 0 Å². The summed E-state index contributed by atoms with van der Waals surface area (Å²) < 4.78 is 5.89. The molecule has 1 heterocycles. The van der Waals surface area contributed by atoms with Gasteiger partial charge in [0.05, 0.1) is 17.8 Å². The maximum atomic E-state index is 5.14. The smallest absolute Gasteiger partial charge is 0.232 e. The Labute approximate surface area is 117 Å². The first-order valence-electron chi connectivity index (χ1n) is 5.79. The van der Waals surface area contributed by atoms with Crippen LogP contribution in [0.4, 0.5) is 5.95 Å². The monoisotopic (exact) mass is 316 g/mol. The van der Waals surface area contributed by atoms with E-state index >= 15 is 0 Å². The maximum Gasteiger partial charge on any atom is 0.232 e. The van der Waals surface area contributed by atoms with Gasteiger partial charge in [-0.3, -0.25) is 0 Å². The van der Waals surface area contributed by atoms with Gasteiger partial charge >= 0.3 is 0 Å². The Morgan fingerprint density at radius 3 is 2.67 bits per heavy atom. The second kappa shape index (κ2) is 6.33. The van der Waals surface area contributed by atoms with Crippen LogP contribution >= 0.6 is 15.9 Å². The summed E-state index contributed by atoms with van der Waals surface area (Å²) in [4.78, 5) is 10.6. The van der Waals surface area contributed by atoms with Crippen LogP contribution < -0.4 is 10.1 Å². The molecule has 5 nitrogen and oxygen atoms in total. The van der Waals surface area contributed by atoms with Crippen LogP contribution in [0, 0.1) is 5.41 Å². The first kappa shape index (κ1) is 15.2. The van der Waals surface area contributed by atoms with Crippen molar-refractivity contribution in [3.05, 3.63) is 10.7 Å². The molecule has 0 unspecified atom stereocenters. The molecule has 0 aliphatic carbocycles. The molecule has 0 atom stereocenters. The van der Waals surface area contributed by atoms with E-state index in [1.165, 1.54) is 0 Å². The number of aromatic nitrogens is 2. The van der Waals surface area contributed by atoms with Crippen LogP contribution in [-0.4, -0.2) is 49.2 Å². The van der Waals surface area contributed by atoms with Crippen molar-refractivity contribution < 1.29 is 4.74 Å². The fourth-order valence-corrected chi connectivity index (χ4v) is 2.16. The van der Waals surface area contributed by atoms with Crippen molar-refractivity contribution in [1.29, 1.82) is 0 Å². The molecule has 18 heavy (non-hydrogen) atoms. The fourth-order valence-electron chi connectivity index (χ4n) is 1.81. The molecule has 0 saturated heterocycles. The van der Waals surface area contributed by atoms with Gasteiger partial charge in [-0.2, -0.15) is 4.98 Å². The molecule has 0 bridgehead atoms. The van der Waals surface area contributed by atoms with Crippen LogP contribution in [0.1, 0.15) is 13.8 Å². The molecule has 1 N–H and O–H groups in total. The van der Waals surface area contributed by atoms with Gasteiger partial charge in [-0.25, -0.2) is 4.98 Å². The number of nitrogens with one attached hydrogen (secondary N) is 1. The molecule has 102 valence electrons. The predicted octanol–water partition coefficient (Wildman–Crippen LogP) is 2.25. The van der Waals surface area contributed by atoms with Crippen molar-refractivity contribution in [1.82, 2.24) is 14.9 Å². The summed E-state index contributed by atoms with van der Waals surface area (Å²) in [5.41, 5.74) is 0.146. The third kappa shape index (κ3) is 4.78. The minimum absolute atomic E-state index is 0.146. The summed E-state index contributed by atoms with van der Waals surface area (Å²) in [5.74, 6) is 1.12. The van der Waals surface area contributed by atoms with E-state index in [1.54, 1.807) is 13.3 Å². The zero-order chi connectivity index (χ0) is 13.8. The molecule has 0 aliphatic heterocycles. The molecule has 1 aromatic rings. The van der Waals surface area contributed by atoms with Gasteiger partial charge in [-0.15, -0.1) is 0 Å². The Kier molecular flexibility index (Phi) is 5.34. The molecule has 0 fully saturated rings. The van der Waals surface area contributed by atoms with Crippen molar-refractivity contribution in [3.8, 4) is 5.88 Å². The Bertz CT molecular complexity index is 396. The predicted molar refractivity (Wildman–Crippen MR) is 77.1 cm³/mol. The van der Waals surface area contributed by atoms with Gasteiger partial charge in [0.15, 0.2) is 0 Å². The van der Waals surface area contributed by atoms with E-state index in [0.717, 1.165) is 17.6 Å². The number of ether oxygens (including phenoxy) is 1. The van der Waals surface area contributed by atoms with Crippen molar-refractivity contribution in [2.45, 2.75) is 13.8 Å². The highest BCUT2D eigenvalue weighted by atomic mass is 79.9. The number of anilines is 1. The number of methoxy groups -OCH3 is 1. The van der Waals surface area contributed by atoms with E-state index in [0.29, 0.717) is 11.8 Å². The van der Waals surface area contributed by atoms with E-state index in [4.69, 9.17) is 4.74 Å². The normalized spacial score (nSPS) is 11.7. The summed E-state index contributed by atoms with van der Waals surface area (Å²) in [6, 6.07) is 0. The highest BCUT2D eigenvalue weighted by Crippen LogP contribution is 2.22. The van der Waals surface area contributed by atoms with Crippen LogP contribution in [0.15, 0.2) is 10.7 Å². The Morgan fingerprint density at radius 1 is 1.44 bits per heavy atom. The van der Waals surface area contributed by atoms with E-state index < -0.39 is 0 Å². The maximum absolute atomic E-state index is 5.14. The minimum atomic E-state index is 0.146. The number of hydrogen-bond acceptors (Lipinski definition) is 5. The first-order chi connectivity index (χ1) is 8.34. The van der Waals surface area contributed by atoms with E-state index in [1.807, 2.05) is 0 Å². The van der Waals surface area contributed by atoms with Crippen molar-refractivity contribution in [3.63, 3.8) is 0 Å². The van der Waals surface area contributed by atoms with Crippen LogP contribution in [0.25, 0.3) is 0 Å².